The summed E-state index contributed by atoms with van der Waals surface area (Å²) >= 11 is 3.38. The largest absolute Gasteiger partial charge is 0.343 e. The van der Waals surface area contributed by atoms with Crippen LogP contribution in [0.15, 0.2) is 23.1 Å². The number of nitrogens with zero attached hydrogens (tertiary/aromatic N) is 4. The second-order valence-electron chi connectivity index (χ2n) is 4.05. The van der Waals surface area contributed by atoms with Gasteiger partial charge in [-0.2, -0.15) is 0 Å². The lowest BCUT2D eigenvalue weighted by Crippen LogP contribution is -2.26. The molecule has 19 heavy (non-hydrogen) atoms. The third-order valence-electron chi connectivity index (χ3n) is 2.88. The molecule has 0 aliphatic carbocycles. The van der Waals surface area contributed by atoms with Crippen LogP contribution in [0.5, 0.6) is 0 Å². The highest BCUT2D eigenvalue weighted by atomic mass is 79.9. The number of aromatic nitrogens is 4. The minimum Gasteiger partial charge on any atom is -0.343 e. The smallest absolute Gasteiger partial charge is 0.268 e. The zero-order valence-electron chi connectivity index (χ0n) is 10.9. The number of halogens is 1. The highest BCUT2D eigenvalue weighted by molar-refractivity contribution is 9.10. The van der Waals surface area contributed by atoms with Crippen LogP contribution >= 0.6 is 15.9 Å². The molecule has 0 aliphatic heterocycles. The molecule has 102 valence electrons. The Kier molecular flexibility index (Phi) is 4.36. The minimum absolute atomic E-state index is 0.113. The summed E-state index contributed by atoms with van der Waals surface area (Å²) in [4.78, 5) is 12.1. The van der Waals surface area contributed by atoms with Gasteiger partial charge >= 0.3 is 0 Å². The van der Waals surface area contributed by atoms with E-state index in [1.807, 2.05) is 35.2 Å². The maximum Gasteiger partial charge on any atom is 0.268 e. The first-order valence-corrected chi connectivity index (χ1v) is 6.95. The predicted octanol–water partition coefficient (Wildman–Crippen LogP) is 1.81. The number of carbonyl (C=O) groups excluding carboxylic acids is 1. The number of rotatable bonds is 5. The van der Waals surface area contributed by atoms with Crippen molar-refractivity contribution in [3.8, 4) is 0 Å². The van der Waals surface area contributed by atoms with Gasteiger partial charge in [0.15, 0.2) is 5.82 Å². The molecule has 6 nitrogen and oxygen atoms in total. The van der Waals surface area contributed by atoms with Crippen LogP contribution in [-0.4, -0.2) is 25.2 Å². The average Bonchev–Trinajstić information content (AvgIpc) is 3.01. The van der Waals surface area contributed by atoms with Gasteiger partial charge in [-0.15, -0.1) is 10.2 Å². The molecule has 0 spiro atoms. The first kappa shape index (κ1) is 13.8. The summed E-state index contributed by atoms with van der Waals surface area (Å²) in [5.74, 6) is 0.641. The van der Waals surface area contributed by atoms with Crippen LogP contribution in [0.4, 0.5) is 0 Å². The lowest BCUT2D eigenvalue weighted by Gasteiger charge is -2.08. The van der Waals surface area contributed by atoms with Crippen molar-refractivity contribution >= 4 is 21.8 Å². The van der Waals surface area contributed by atoms with Crippen LogP contribution in [0, 0.1) is 0 Å². The fraction of sp³-hybridized carbons (Fsp3) is 0.417. The Balaban J connectivity index is 2.05. The van der Waals surface area contributed by atoms with E-state index >= 15 is 0 Å². The monoisotopic (exact) mass is 325 g/mol. The SMILES string of the molecule is CCn1cc(Br)cc1C(=O)NCc1nncn1CC. The summed E-state index contributed by atoms with van der Waals surface area (Å²) in [6, 6.07) is 1.81. The Morgan fingerprint density at radius 3 is 2.79 bits per heavy atom. The molecule has 0 saturated heterocycles. The van der Waals surface area contributed by atoms with Crippen molar-refractivity contribution in [2.75, 3.05) is 0 Å². The van der Waals surface area contributed by atoms with E-state index in [9.17, 15) is 4.79 Å². The van der Waals surface area contributed by atoms with Gasteiger partial charge in [0, 0.05) is 23.8 Å². The zero-order valence-corrected chi connectivity index (χ0v) is 12.5. The average molecular weight is 326 g/mol. The number of hydrogen-bond acceptors (Lipinski definition) is 3. The van der Waals surface area contributed by atoms with Gasteiger partial charge in [0.05, 0.1) is 6.54 Å². The second kappa shape index (κ2) is 6.01. The minimum atomic E-state index is -0.113. The Labute approximate surface area is 120 Å². The molecule has 2 aromatic heterocycles. The first-order chi connectivity index (χ1) is 9.15. The summed E-state index contributed by atoms with van der Waals surface area (Å²) < 4.78 is 4.69. The Morgan fingerprint density at radius 1 is 1.37 bits per heavy atom. The molecule has 0 radical (unpaired) electrons. The lowest BCUT2D eigenvalue weighted by molar-refractivity contribution is 0.0940. The van der Waals surface area contributed by atoms with E-state index in [4.69, 9.17) is 0 Å². The molecule has 0 unspecified atom stereocenters. The number of nitrogens with one attached hydrogen (secondary N) is 1. The van der Waals surface area contributed by atoms with Gasteiger partial charge < -0.3 is 14.5 Å². The quantitative estimate of drug-likeness (QED) is 0.911. The van der Waals surface area contributed by atoms with Gasteiger partial charge in [0.25, 0.3) is 5.91 Å². The van der Waals surface area contributed by atoms with Crippen molar-refractivity contribution in [1.29, 1.82) is 0 Å². The summed E-state index contributed by atoms with van der Waals surface area (Å²) in [5.41, 5.74) is 0.636. The molecule has 0 atom stereocenters. The van der Waals surface area contributed by atoms with Crippen LogP contribution in [0.3, 0.4) is 0 Å². The Morgan fingerprint density at radius 2 is 2.11 bits per heavy atom. The number of aryl methyl sites for hydroxylation is 2. The van der Waals surface area contributed by atoms with Gasteiger partial charge in [0.1, 0.15) is 12.0 Å². The van der Waals surface area contributed by atoms with E-state index in [-0.39, 0.29) is 5.91 Å². The van der Waals surface area contributed by atoms with E-state index in [0.717, 1.165) is 23.4 Å². The van der Waals surface area contributed by atoms with Crippen molar-refractivity contribution in [3.63, 3.8) is 0 Å². The van der Waals surface area contributed by atoms with Gasteiger partial charge in [-0.1, -0.05) is 0 Å². The topological polar surface area (TPSA) is 64.7 Å². The predicted molar refractivity (Wildman–Crippen MR) is 74.7 cm³/mol. The van der Waals surface area contributed by atoms with Crippen molar-refractivity contribution in [2.45, 2.75) is 33.5 Å². The van der Waals surface area contributed by atoms with E-state index in [1.54, 1.807) is 6.33 Å². The maximum absolute atomic E-state index is 12.1. The molecule has 1 N–H and O–H groups in total. The fourth-order valence-corrected chi connectivity index (χ4v) is 2.32. The third-order valence-corrected chi connectivity index (χ3v) is 3.31. The molecule has 0 fully saturated rings. The molecular weight excluding hydrogens is 310 g/mol. The molecule has 2 rings (SSSR count). The zero-order chi connectivity index (χ0) is 13.8. The second-order valence-corrected chi connectivity index (χ2v) is 4.96. The van der Waals surface area contributed by atoms with Gasteiger partial charge in [-0.3, -0.25) is 4.79 Å². The number of amides is 1. The molecule has 0 saturated carbocycles. The molecule has 1 amide bonds. The van der Waals surface area contributed by atoms with Crippen molar-refractivity contribution in [1.82, 2.24) is 24.6 Å². The fourth-order valence-electron chi connectivity index (χ4n) is 1.86. The number of hydrogen-bond donors (Lipinski definition) is 1. The maximum atomic E-state index is 12.1. The van der Waals surface area contributed by atoms with Crippen molar-refractivity contribution in [2.24, 2.45) is 0 Å². The van der Waals surface area contributed by atoms with Gasteiger partial charge in [-0.25, -0.2) is 0 Å². The molecular formula is C12H16BrN5O. The van der Waals surface area contributed by atoms with Gasteiger partial charge in [0.2, 0.25) is 0 Å². The highest BCUT2D eigenvalue weighted by Gasteiger charge is 2.13. The van der Waals surface area contributed by atoms with Crippen molar-refractivity contribution < 1.29 is 4.79 Å². The van der Waals surface area contributed by atoms with Crippen LogP contribution in [0.25, 0.3) is 0 Å². The normalized spacial score (nSPS) is 10.7. The molecule has 7 heteroatoms. The Bertz CT molecular complexity index is 574. The lowest BCUT2D eigenvalue weighted by atomic mass is 10.4. The van der Waals surface area contributed by atoms with Crippen LogP contribution in [0.2, 0.25) is 0 Å². The van der Waals surface area contributed by atoms with E-state index in [2.05, 4.69) is 31.4 Å². The molecule has 0 bridgehead atoms. The summed E-state index contributed by atoms with van der Waals surface area (Å²) in [7, 11) is 0. The molecule has 0 aliphatic rings. The molecule has 2 aromatic rings. The van der Waals surface area contributed by atoms with E-state index in [0.29, 0.717) is 12.2 Å². The molecule has 2 heterocycles. The van der Waals surface area contributed by atoms with Crippen molar-refractivity contribution in [3.05, 3.63) is 34.6 Å². The summed E-state index contributed by atoms with van der Waals surface area (Å²) in [6.45, 7) is 5.92. The van der Waals surface area contributed by atoms with E-state index in [1.165, 1.54) is 0 Å². The first-order valence-electron chi connectivity index (χ1n) is 6.16. The highest BCUT2D eigenvalue weighted by Crippen LogP contribution is 2.15. The van der Waals surface area contributed by atoms with E-state index < -0.39 is 0 Å². The number of carbonyl (C=O) groups is 1. The summed E-state index contributed by atoms with van der Waals surface area (Å²) in [6.07, 6.45) is 3.55. The van der Waals surface area contributed by atoms with Crippen LogP contribution in [-0.2, 0) is 19.6 Å². The standard InChI is InChI=1S/C12H16BrN5O/c1-3-17-7-9(13)5-10(17)12(19)14-6-11-16-15-8-18(11)4-2/h5,7-8H,3-4,6H2,1-2H3,(H,14,19). The van der Waals surface area contributed by atoms with Crippen LogP contribution in [0.1, 0.15) is 30.2 Å². The van der Waals surface area contributed by atoms with Crippen LogP contribution < -0.4 is 5.32 Å². The third kappa shape index (κ3) is 3.04. The molecule has 0 aromatic carbocycles. The Hall–Kier alpha value is -1.63. The summed E-state index contributed by atoms with van der Waals surface area (Å²) in [5, 5.41) is 10.7. The van der Waals surface area contributed by atoms with Gasteiger partial charge in [-0.05, 0) is 35.8 Å².